The van der Waals surface area contributed by atoms with Crippen molar-refractivity contribution >= 4 is 0 Å². The largest absolute Gasteiger partial charge is 0.372 e. The Balaban J connectivity index is 1.90. The van der Waals surface area contributed by atoms with Gasteiger partial charge in [-0.1, -0.05) is 44.9 Å². The lowest BCUT2D eigenvalue weighted by atomic mass is 9.80. The zero-order valence-corrected chi connectivity index (χ0v) is 11.1. The van der Waals surface area contributed by atoms with Crippen LogP contribution in [0.1, 0.15) is 78.1 Å². The van der Waals surface area contributed by atoms with Crippen molar-refractivity contribution < 1.29 is 4.74 Å². The van der Waals surface area contributed by atoms with E-state index in [0.29, 0.717) is 6.10 Å². The molecule has 2 fully saturated rings. The van der Waals surface area contributed by atoms with Gasteiger partial charge in [0.25, 0.3) is 0 Å². The van der Waals surface area contributed by atoms with Crippen LogP contribution in [-0.4, -0.2) is 11.7 Å². The summed E-state index contributed by atoms with van der Waals surface area (Å²) in [4.78, 5) is 0. The average Bonchev–Trinajstić information content (AvgIpc) is 2.66. The summed E-state index contributed by atoms with van der Waals surface area (Å²) in [6, 6.07) is 0. The highest BCUT2D eigenvalue weighted by molar-refractivity contribution is 4.89. The summed E-state index contributed by atoms with van der Waals surface area (Å²) in [6.07, 6.45) is 14.5. The smallest absolute Gasteiger partial charge is 0.0688 e. The zero-order chi connectivity index (χ0) is 11.4. The van der Waals surface area contributed by atoms with Crippen molar-refractivity contribution in [2.45, 2.75) is 89.8 Å². The molecular formula is C15H28O. The third-order valence-corrected chi connectivity index (χ3v) is 4.39. The van der Waals surface area contributed by atoms with Crippen LogP contribution >= 0.6 is 0 Å². The third kappa shape index (κ3) is 3.23. The van der Waals surface area contributed by atoms with Crippen molar-refractivity contribution in [3.05, 3.63) is 0 Å². The van der Waals surface area contributed by atoms with E-state index in [2.05, 4.69) is 13.8 Å². The van der Waals surface area contributed by atoms with Gasteiger partial charge in [-0.3, -0.25) is 0 Å². The molecule has 0 bridgehead atoms. The van der Waals surface area contributed by atoms with Crippen LogP contribution in [0.3, 0.4) is 0 Å². The minimum Gasteiger partial charge on any atom is -0.372 e. The fraction of sp³-hybridized carbons (Fsp3) is 1.00. The molecule has 1 heteroatoms. The number of hydrogen-bond acceptors (Lipinski definition) is 1. The van der Waals surface area contributed by atoms with E-state index >= 15 is 0 Å². The Morgan fingerprint density at radius 2 is 1.62 bits per heavy atom. The quantitative estimate of drug-likeness (QED) is 0.673. The molecule has 16 heavy (non-hydrogen) atoms. The molecule has 0 aromatic rings. The van der Waals surface area contributed by atoms with Gasteiger partial charge in [0.05, 0.1) is 11.7 Å². The maximum absolute atomic E-state index is 6.30. The molecule has 0 aromatic heterocycles. The Hall–Kier alpha value is -0.0400. The lowest BCUT2D eigenvalue weighted by Gasteiger charge is -2.36. The van der Waals surface area contributed by atoms with E-state index in [1.54, 1.807) is 0 Å². The summed E-state index contributed by atoms with van der Waals surface area (Å²) in [7, 11) is 0. The van der Waals surface area contributed by atoms with Crippen LogP contribution in [0.2, 0.25) is 0 Å². The fourth-order valence-electron chi connectivity index (χ4n) is 3.81. The monoisotopic (exact) mass is 224 g/mol. The minimum absolute atomic E-state index is 0.274. The summed E-state index contributed by atoms with van der Waals surface area (Å²) in [5, 5.41) is 0. The van der Waals surface area contributed by atoms with Crippen LogP contribution in [-0.2, 0) is 4.74 Å². The Bertz CT molecular complexity index is 197. The van der Waals surface area contributed by atoms with Gasteiger partial charge >= 0.3 is 0 Å². The number of hydrogen-bond donors (Lipinski definition) is 0. The number of rotatable bonds is 4. The molecule has 0 unspecified atom stereocenters. The highest BCUT2D eigenvalue weighted by atomic mass is 16.5. The van der Waals surface area contributed by atoms with Gasteiger partial charge in [0, 0.05) is 0 Å². The van der Waals surface area contributed by atoms with E-state index in [0.717, 1.165) is 5.92 Å². The molecule has 0 heterocycles. The van der Waals surface area contributed by atoms with Gasteiger partial charge < -0.3 is 4.74 Å². The first-order valence-electron chi connectivity index (χ1n) is 7.38. The van der Waals surface area contributed by atoms with Gasteiger partial charge in [0.1, 0.15) is 0 Å². The summed E-state index contributed by atoms with van der Waals surface area (Å²) in [5.41, 5.74) is 0.274. The second-order valence-electron chi connectivity index (χ2n) is 6.26. The van der Waals surface area contributed by atoms with Crippen LogP contribution in [0, 0.1) is 5.92 Å². The molecule has 0 spiro atoms. The zero-order valence-electron chi connectivity index (χ0n) is 11.1. The lowest BCUT2D eigenvalue weighted by molar-refractivity contribution is -0.0913. The van der Waals surface area contributed by atoms with Crippen LogP contribution in [0.5, 0.6) is 0 Å². The summed E-state index contributed by atoms with van der Waals surface area (Å²) in [5.74, 6) is 0.964. The van der Waals surface area contributed by atoms with Crippen molar-refractivity contribution in [3.63, 3.8) is 0 Å². The predicted molar refractivity (Wildman–Crippen MR) is 68.6 cm³/mol. The van der Waals surface area contributed by atoms with Crippen LogP contribution in [0.25, 0.3) is 0 Å². The molecule has 0 aromatic carbocycles. The van der Waals surface area contributed by atoms with Gasteiger partial charge in [-0.25, -0.2) is 0 Å². The summed E-state index contributed by atoms with van der Waals surface area (Å²) >= 11 is 0. The predicted octanol–water partition coefficient (Wildman–Crippen LogP) is 4.69. The van der Waals surface area contributed by atoms with E-state index in [1.807, 2.05) is 0 Å². The molecule has 0 amide bonds. The minimum atomic E-state index is 0.274. The van der Waals surface area contributed by atoms with Gasteiger partial charge in [-0.15, -0.1) is 0 Å². The van der Waals surface area contributed by atoms with E-state index in [1.165, 1.54) is 64.2 Å². The molecule has 0 N–H and O–H groups in total. The van der Waals surface area contributed by atoms with Gasteiger partial charge in [-0.2, -0.15) is 0 Å². The first-order chi connectivity index (χ1) is 7.70. The average molecular weight is 224 g/mol. The molecule has 0 saturated heterocycles. The molecule has 2 saturated carbocycles. The fourth-order valence-corrected chi connectivity index (χ4v) is 3.81. The maximum atomic E-state index is 6.30. The van der Waals surface area contributed by atoms with Crippen molar-refractivity contribution in [3.8, 4) is 0 Å². The van der Waals surface area contributed by atoms with Crippen LogP contribution in [0.15, 0.2) is 0 Å². The molecule has 0 atom stereocenters. The van der Waals surface area contributed by atoms with Gasteiger partial charge in [0.15, 0.2) is 0 Å². The maximum Gasteiger partial charge on any atom is 0.0688 e. The first-order valence-corrected chi connectivity index (χ1v) is 7.38. The first kappa shape index (κ1) is 12.4. The van der Waals surface area contributed by atoms with Crippen molar-refractivity contribution in [1.82, 2.24) is 0 Å². The Morgan fingerprint density at radius 1 is 1.00 bits per heavy atom. The van der Waals surface area contributed by atoms with Crippen molar-refractivity contribution in [1.29, 1.82) is 0 Å². The van der Waals surface area contributed by atoms with E-state index in [9.17, 15) is 0 Å². The van der Waals surface area contributed by atoms with E-state index < -0.39 is 0 Å². The topological polar surface area (TPSA) is 9.23 Å². The molecule has 0 aliphatic heterocycles. The highest BCUT2D eigenvalue weighted by Crippen LogP contribution is 2.42. The molecule has 1 nitrogen and oxygen atoms in total. The molecule has 2 aliphatic rings. The van der Waals surface area contributed by atoms with Crippen molar-refractivity contribution in [2.24, 2.45) is 5.92 Å². The SMILES string of the molecule is CC(C)OC1(CC2CCCCC2)CCCC1. The lowest BCUT2D eigenvalue weighted by Crippen LogP contribution is -2.35. The third-order valence-electron chi connectivity index (χ3n) is 4.39. The standard InChI is InChI=1S/C15H28O/c1-13(2)16-15(10-6-7-11-15)12-14-8-4-3-5-9-14/h13-14H,3-12H2,1-2H3. The second-order valence-corrected chi connectivity index (χ2v) is 6.26. The Labute approximate surface area is 101 Å². The highest BCUT2D eigenvalue weighted by Gasteiger charge is 2.37. The molecule has 0 radical (unpaired) electrons. The second kappa shape index (κ2) is 5.53. The van der Waals surface area contributed by atoms with Crippen molar-refractivity contribution in [2.75, 3.05) is 0 Å². The molecule has 2 aliphatic carbocycles. The number of ether oxygens (including phenoxy) is 1. The van der Waals surface area contributed by atoms with Crippen LogP contribution < -0.4 is 0 Å². The van der Waals surface area contributed by atoms with Gasteiger partial charge in [0.2, 0.25) is 0 Å². The Kier molecular flexibility index (Phi) is 4.29. The summed E-state index contributed by atoms with van der Waals surface area (Å²) in [6.45, 7) is 4.39. The molecular weight excluding hydrogens is 196 g/mol. The van der Waals surface area contributed by atoms with Crippen LogP contribution in [0.4, 0.5) is 0 Å². The Morgan fingerprint density at radius 3 is 2.19 bits per heavy atom. The van der Waals surface area contributed by atoms with Gasteiger partial charge in [-0.05, 0) is 39.0 Å². The summed E-state index contributed by atoms with van der Waals surface area (Å²) < 4.78 is 6.30. The molecule has 94 valence electrons. The van der Waals surface area contributed by atoms with E-state index in [-0.39, 0.29) is 5.60 Å². The molecule has 2 rings (SSSR count). The van der Waals surface area contributed by atoms with E-state index in [4.69, 9.17) is 4.74 Å². The normalized spacial score (nSPS) is 26.4.